The molecular weight excluding hydrogens is 771 g/mol. The highest BCUT2D eigenvalue weighted by atomic mass is 16.3. The summed E-state index contributed by atoms with van der Waals surface area (Å²) in [6.07, 6.45) is 0. The average molecular weight is 806 g/mol. The van der Waals surface area contributed by atoms with Crippen LogP contribution < -0.4 is 0 Å². The minimum Gasteiger partial charge on any atom is -0.456 e. The van der Waals surface area contributed by atoms with E-state index in [1.165, 1.54) is 32.7 Å². The molecule has 0 spiro atoms. The molecule has 0 unspecified atom stereocenters. The zero-order valence-electron chi connectivity index (χ0n) is 33.9. The summed E-state index contributed by atoms with van der Waals surface area (Å²) in [6.45, 7) is 0. The lowest BCUT2D eigenvalue weighted by molar-refractivity contribution is 0.669. The van der Waals surface area contributed by atoms with Crippen molar-refractivity contribution in [3.05, 3.63) is 212 Å². The Bertz CT molecular complexity index is 3900. The summed E-state index contributed by atoms with van der Waals surface area (Å²) < 4.78 is 11.2. The molecule has 0 aliphatic carbocycles. The molecule has 0 atom stereocenters. The molecule has 63 heavy (non-hydrogen) atoms. The highest BCUT2D eigenvalue weighted by Crippen LogP contribution is 2.42. The van der Waals surface area contributed by atoms with Crippen molar-refractivity contribution in [2.75, 3.05) is 0 Å². The number of benzene rings is 9. The molecule has 6 heteroatoms. The molecule has 6 nitrogen and oxygen atoms in total. The summed E-state index contributed by atoms with van der Waals surface area (Å²) >= 11 is 0. The van der Waals surface area contributed by atoms with Gasteiger partial charge in [-0.1, -0.05) is 158 Å². The molecule has 0 radical (unpaired) electrons. The van der Waals surface area contributed by atoms with Crippen LogP contribution in [0.5, 0.6) is 0 Å². The maximum atomic E-state index is 6.31. The van der Waals surface area contributed by atoms with Gasteiger partial charge in [0, 0.05) is 60.4 Å². The van der Waals surface area contributed by atoms with Gasteiger partial charge < -0.3 is 13.6 Å². The first-order valence-electron chi connectivity index (χ1n) is 21.2. The molecule has 294 valence electrons. The molecule has 0 saturated heterocycles. The quantitative estimate of drug-likeness (QED) is 0.168. The molecule has 0 bridgehead atoms. The summed E-state index contributed by atoms with van der Waals surface area (Å²) in [5.41, 5.74) is 13.4. The number of rotatable bonds is 6. The Hall–Kier alpha value is -8.61. The summed E-state index contributed by atoms with van der Waals surface area (Å²) in [4.78, 5) is 15.4. The lowest BCUT2D eigenvalue weighted by atomic mass is 10.1. The lowest BCUT2D eigenvalue weighted by Crippen LogP contribution is -2.01. The van der Waals surface area contributed by atoms with Gasteiger partial charge in [0.15, 0.2) is 17.5 Å². The van der Waals surface area contributed by atoms with E-state index in [0.717, 1.165) is 72.1 Å². The first-order valence-corrected chi connectivity index (χ1v) is 21.2. The van der Waals surface area contributed by atoms with Crippen LogP contribution in [-0.4, -0.2) is 24.1 Å². The summed E-state index contributed by atoms with van der Waals surface area (Å²) in [5, 5.41) is 6.92. The van der Waals surface area contributed by atoms with Crippen molar-refractivity contribution < 1.29 is 4.42 Å². The van der Waals surface area contributed by atoms with Crippen molar-refractivity contribution in [3.8, 4) is 56.7 Å². The second kappa shape index (κ2) is 14.0. The fourth-order valence-corrected chi connectivity index (χ4v) is 9.47. The van der Waals surface area contributed by atoms with Crippen LogP contribution in [0.3, 0.4) is 0 Å². The van der Waals surface area contributed by atoms with E-state index in [4.69, 9.17) is 19.4 Å². The Kier molecular flexibility index (Phi) is 7.80. The van der Waals surface area contributed by atoms with Crippen LogP contribution >= 0.6 is 0 Å². The van der Waals surface area contributed by atoms with Gasteiger partial charge in [-0.2, -0.15) is 0 Å². The first kappa shape index (κ1) is 35.2. The molecule has 0 amide bonds. The number of furan rings is 1. The highest BCUT2D eigenvalue weighted by molar-refractivity contribution is 6.23. The summed E-state index contributed by atoms with van der Waals surface area (Å²) in [6, 6.07) is 74.6. The maximum Gasteiger partial charge on any atom is 0.164 e. The monoisotopic (exact) mass is 805 g/mol. The number of fused-ring (bicyclic) bond motifs is 10. The number of aromatic nitrogens is 5. The molecule has 0 N–H and O–H groups in total. The average Bonchev–Trinajstić information content (AvgIpc) is 4.02. The number of para-hydroxylation sites is 3. The van der Waals surface area contributed by atoms with E-state index < -0.39 is 0 Å². The van der Waals surface area contributed by atoms with E-state index in [9.17, 15) is 0 Å². The number of nitrogens with zero attached hydrogens (tertiary/aromatic N) is 5. The van der Waals surface area contributed by atoms with Gasteiger partial charge in [-0.15, -0.1) is 0 Å². The molecule has 0 aliphatic rings. The van der Waals surface area contributed by atoms with Gasteiger partial charge in [0.1, 0.15) is 11.2 Å². The summed E-state index contributed by atoms with van der Waals surface area (Å²) in [7, 11) is 0. The van der Waals surface area contributed by atoms with Crippen LogP contribution in [0.2, 0.25) is 0 Å². The number of hydrogen-bond acceptors (Lipinski definition) is 4. The van der Waals surface area contributed by atoms with Gasteiger partial charge in [0.25, 0.3) is 0 Å². The standard InChI is InChI=1S/C57H35N5O/c1-3-14-36(15-4-1)37-26-29-41(30-27-37)61-49-23-10-7-20-43(49)47-32-33-48-44-21-8-11-24-50(44)62(54(48)53(47)61)42-19-13-18-39(34-42)56-58-55(38-16-5-2-6-17-38)59-57(60-56)40-28-31-46-45-22-9-12-25-51(45)63-52(46)35-40/h1-35H. The van der Waals surface area contributed by atoms with Gasteiger partial charge in [-0.3, -0.25) is 0 Å². The molecule has 9 aromatic carbocycles. The predicted octanol–water partition coefficient (Wildman–Crippen LogP) is 14.6. The smallest absolute Gasteiger partial charge is 0.164 e. The highest BCUT2D eigenvalue weighted by Gasteiger charge is 2.22. The molecule has 0 aliphatic heterocycles. The third kappa shape index (κ3) is 5.62. The van der Waals surface area contributed by atoms with Crippen LogP contribution in [0.1, 0.15) is 0 Å². The van der Waals surface area contributed by atoms with Crippen LogP contribution in [0.25, 0.3) is 122 Å². The molecule has 4 heterocycles. The van der Waals surface area contributed by atoms with Gasteiger partial charge in [0.05, 0.1) is 22.1 Å². The van der Waals surface area contributed by atoms with Crippen molar-refractivity contribution in [3.63, 3.8) is 0 Å². The molecule has 13 aromatic rings. The predicted molar refractivity (Wildman–Crippen MR) is 258 cm³/mol. The first-order chi connectivity index (χ1) is 31.2. The van der Waals surface area contributed by atoms with Gasteiger partial charge in [0.2, 0.25) is 0 Å². The van der Waals surface area contributed by atoms with Crippen LogP contribution in [0.4, 0.5) is 0 Å². The minimum atomic E-state index is 0.577. The maximum absolute atomic E-state index is 6.31. The van der Waals surface area contributed by atoms with Crippen LogP contribution in [-0.2, 0) is 0 Å². The van der Waals surface area contributed by atoms with Gasteiger partial charge in [-0.25, -0.2) is 15.0 Å². The third-order valence-corrected chi connectivity index (χ3v) is 12.4. The van der Waals surface area contributed by atoms with E-state index in [1.807, 2.05) is 54.6 Å². The molecule has 4 aromatic heterocycles. The normalized spacial score (nSPS) is 11.8. The van der Waals surface area contributed by atoms with Crippen molar-refractivity contribution in [1.82, 2.24) is 24.1 Å². The van der Waals surface area contributed by atoms with Crippen molar-refractivity contribution in [2.24, 2.45) is 0 Å². The fraction of sp³-hybridized carbons (Fsp3) is 0. The topological polar surface area (TPSA) is 61.7 Å². The van der Waals surface area contributed by atoms with Crippen molar-refractivity contribution in [2.45, 2.75) is 0 Å². The Labute approximate surface area is 361 Å². The second-order valence-corrected chi connectivity index (χ2v) is 16.0. The third-order valence-electron chi connectivity index (χ3n) is 12.4. The van der Waals surface area contributed by atoms with E-state index in [1.54, 1.807) is 0 Å². The Morgan fingerprint density at radius 3 is 1.41 bits per heavy atom. The van der Waals surface area contributed by atoms with Gasteiger partial charge >= 0.3 is 0 Å². The minimum absolute atomic E-state index is 0.577. The number of hydrogen-bond donors (Lipinski definition) is 0. The SMILES string of the molecule is c1ccc(-c2ccc(-n3c4ccccc4c4ccc5c6ccccc6n(-c6cccc(-c7nc(-c8ccccc8)nc(-c8ccc9c(c8)oc8ccccc89)n7)c6)c5c43)cc2)cc1. The van der Waals surface area contributed by atoms with E-state index in [0.29, 0.717) is 17.5 Å². The fourth-order valence-electron chi connectivity index (χ4n) is 9.47. The Balaban J connectivity index is 1.03. The zero-order valence-corrected chi connectivity index (χ0v) is 33.9. The largest absolute Gasteiger partial charge is 0.456 e. The molecular formula is C57H35N5O. The molecule has 0 saturated carbocycles. The lowest BCUT2D eigenvalue weighted by Gasteiger charge is -2.14. The van der Waals surface area contributed by atoms with E-state index in [2.05, 4.69) is 167 Å². The van der Waals surface area contributed by atoms with Crippen LogP contribution in [0.15, 0.2) is 217 Å². The molecule has 0 fully saturated rings. The van der Waals surface area contributed by atoms with Crippen molar-refractivity contribution in [1.29, 1.82) is 0 Å². The van der Waals surface area contributed by atoms with Crippen LogP contribution in [0, 0.1) is 0 Å². The van der Waals surface area contributed by atoms with E-state index in [-0.39, 0.29) is 0 Å². The zero-order chi connectivity index (χ0) is 41.4. The van der Waals surface area contributed by atoms with Crippen molar-refractivity contribution >= 4 is 65.6 Å². The molecule has 13 rings (SSSR count). The second-order valence-electron chi connectivity index (χ2n) is 16.0. The Morgan fingerprint density at radius 2 is 0.746 bits per heavy atom. The van der Waals surface area contributed by atoms with Gasteiger partial charge in [-0.05, 0) is 65.7 Å². The van der Waals surface area contributed by atoms with E-state index >= 15 is 0 Å². The summed E-state index contributed by atoms with van der Waals surface area (Å²) in [5.74, 6) is 1.77. The Morgan fingerprint density at radius 1 is 0.286 bits per heavy atom.